The predicted octanol–water partition coefficient (Wildman–Crippen LogP) is 0.473. The Morgan fingerprint density at radius 1 is 1.32 bits per heavy atom. The average molecular weight is 280 g/mol. The van der Waals surface area contributed by atoms with Gasteiger partial charge in [0.05, 0.1) is 23.9 Å². The van der Waals surface area contributed by atoms with Gasteiger partial charge in [-0.1, -0.05) is 12.1 Å². The monoisotopic (exact) mass is 280 g/mol. The number of hydrogen-bond acceptors (Lipinski definition) is 6. The fraction of sp³-hybridized carbons (Fsp3) is 0.182. The Kier molecular flexibility index (Phi) is 3.72. The third kappa shape index (κ3) is 3.04. The van der Waals surface area contributed by atoms with Crippen molar-refractivity contribution >= 4 is 16.0 Å². The molecule has 0 bridgehead atoms. The molecule has 0 amide bonds. The third-order valence-electron chi connectivity index (χ3n) is 2.43. The van der Waals surface area contributed by atoms with E-state index in [1.807, 2.05) is 0 Å². The van der Waals surface area contributed by atoms with Crippen molar-refractivity contribution in [2.75, 3.05) is 4.72 Å². The summed E-state index contributed by atoms with van der Waals surface area (Å²) in [6, 6.07) is 4.70. The van der Waals surface area contributed by atoms with Crippen LogP contribution in [0.4, 0.5) is 5.95 Å². The number of rotatable bonds is 4. The number of anilines is 1. The van der Waals surface area contributed by atoms with Gasteiger partial charge in [-0.3, -0.25) is 0 Å². The third-order valence-corrected chi connectivity index (χ3v) is 3.90. The molecule has 1 heterocycles. The molecule has 0 radical (unpaired) electrons. The highest BCUT2D eigenvalue weighted by Crippen LogP contribution is 2.19. The molecule has 0 atom stereocenters. The number of aliphatic hydroxyl groups excluding tert-OH is 1. The van der Waals surface area contributed by atoms with Gasteiger partial charge >= 0.3 is 0 Å². The van der Waals surface area contributed by atoms with E-state index in [9.17, 15) is 8.42 Å². The molecule has 0 spiro atoms. The van der Waals surface area contributed by atoms with Crippen molar-refractivity contribution in [2.24, 2.45) is 0 Å². The van der Waals surface area contributed by atoms with Crippen LogP contribution in [0.25, 0.3) is 0 Å². The van der Waals surface area contributed by atoms with Crippen molar-refractivity contribution in [3.05, 3.63) is 41.7 Å². The maximum absolute atomic E-state index is 12.2. The molecule has 2 rings (SSSR count). The quantitative estimate of drug-likeness (QED) is 0.843. The van der Waals surface area contributed by atoms with Gasteiger partial charge in [-0.05, 0) is 24.1 Å². The van der Waals surface area contributed by atoms with Gasteiger partial charge in [0, 0.05) is 0 Å². The number of aryl methyl sites for hydroxylation is 1. The van der Waals surface area contributed by atoms with Crippen LogP contribution in [0, 0.1) is 6.92 Å². The van der Waals surface area contributed by atoms with Crippen molar-refractivity contribution in [2.45, 2.75) is 18.4 Å². The van der Waals surface area contributed by atoms with E-state index in [1.54, 1.807) is 19.1 Å². The van der Waals surface area contributed by atoms with Crippen molar-refractivity contribution in [3.8, 4) is 0 Å². The zero-order chi connectivity index (χ0) is 13.9. The summed E-state index contributed by atoms with van der Waals surface area (Å²) in [5.41, 5.74) is 1.08. The minimum absolute atomic E-state index is 0.0755. The first-order chi connectivity index (χ1) is 9.03. The zero-order valence-corrected chi connectivity index (χ0v) is 10.9. The van der Waals surface area contributed by atoms with Crippen molar-refractivity contribution in [3.63, 3.8) is 0 Å². The minimum atomic E-state index is -3.80. The van der Waals surface area contributed by atoms with Gasteiger partial charge in [0.15, 0.2) is 0 Å². The van der Waals surface area contributed by atoms with E-state index in [2.05, 4.69) is 19.9 Å². The number of nitrogens with zero attached hydrogens (tertiary/aromatic N) is 3. The van der Waals surface area contributed by atoms with E-state index in [4.69, 9.17) is 5.11 Å². The summed E-state index contributed by atoms with van der Waals surface area (Å²) in [7, 11) is -3.80. The molecule has 0 aliphatic heterocycles. The first-order valence-electron chi connectivity index (χ1n) is 5.40. The van der Waals surface area contributed by atoms with Crippen LogP contribution in [0.3, 0.4) is 0 Å². The van der Waals surface area contributed by atoms with Gasteiger partial charge in [-0.2, -0.15) is 5.10 Å². The highest BCUT2D eigenvalue weighted by atomic mass is 32.2. The molecule has 0 fully saturated rings. The molecule has 0 saturated heterocycles. The lowest BCUT2D eigenvalue weighted by molar-refractivity contribution is 0.281. The number of aliphatic hydroxyl groups is 1. The van der Waals surface area contributed by atoms with Gasteiger partial charge in [-0.25, -0.2) is 18.1 Å². The Hall–Kier alpha value is -2.06. The van der Waals surface area contributed by atoms with Crippen molar-refractivity contribution < 1.29 is 13.5 Å². The molecule has 19 heavy (non-hydrogen) atoms. The van der Waals surface area contributed by atoms with Crippen LogP contribution < -0.4 is 4.72 Å². The molecule has 7 nitrogen and oxygen atoms in total. The SMILES string of the molecule is Cc1ccc(CO)cc1S(=O)(=O)Nc1nccnn1. The molecule has 1 aromatic carbocycles. The molecular formula is C11H12N4O3S. The van der Waals surface area contributed by atoms with E-state index in [0.717, 1.165) is 0 Å². The number of aromatic nitrogens is 3. The molecule has 0 aliphatic carbocycles. The summed E-state index contributed by atoms with van der Waals surface area (Å²) in [5.74, 6) is -0.101. The summed E-state index contributed by atoms with van der Waals surface area (Å²) < 4.78 is 26.6. The highest BCUT2D eigenvalue weighted by Gasteiger charge is 2.18. The van der Waals surface area contributed by atoms with E-state index in [0.29, 0.717) is 11.1 Å². The lowest BCUT2D eigenvalue weighted by atomic mass is 10.2. The van der Waals surface area contributed by atoms with Crippen LogP contribution >= 0.6 is 0 Å². The lowest BCUT2D eigenvalue weighted by Crippen LogP contribution is -2.16. The molecule has 1 aromatic heterocycles. The fourth-order valence-corrected chi connectivity index (χ4v) is 2.74. The Bertz CT molecular complexity index is 674. The van der Waals surface area contributed by atoms with Crippen LogP contribution in [-0.2, 0) is 16.6 Å². The fourth-order valence-electron chi connectivity index (χ4n) is 1.50. The smallest absolute Gasteiger partial charge is 0.264 e. The Morgan fingerprint density at radius 3 is 2.74 bits per heavy atom. The molecule has 0 saturated carbocycles. The van der Waals surface area contributed by atoms with E-state index in [-0.39, 0.29) is 17.5 Å². The van der Waals surface area contributed by atoms with Crippen LogP contribution in [0.15, 0.2) is 35.5 Å². The maximum Gasteiger partial charge on any atom is 0.264 e. The van der Waals surface area contributed by atoms with Gasteiger partial charge in [0.2, 0.25) is 0 Å². The standard InChI is InChI=1S/C11H12N4O3S/c1-8-2-3-9(7-16)6-10(8)19(17,18)15-11-12-4-5-13-14-11/h2-6,16H,7H2,1H3,(H,12,14,15). The molecule has 2 N–H and O–H groups in total. The first-order valence-corrected chi connectivity index (χ1v) is 6.88. The van der Waals surface area contributed by atoms with Crippen LogP contribution in [0.5, 0.6) is 0 Å². The number of nitrogens with one attached hydrogen (secondary N) is 1. The van der Waals surface area contributed by atoms with Crippen LogP contribution in [-0.4, -0.2) is 28.7 Å². The summed E-state index contributed by atoms with van der Waals surface area (Å²) in [5, 5.41) is 16.2. The summed E-state index contributed by atoms with van der Waals surface area (Å²) >= 11 is 0. The second-order valence-corrected chi connectivity index (χ2v) is 5.48. The average Bonchev–Trinajstić information content (AvgIpc) is 2.39. The predicted molar refractivity (Wildman–Crippen MR) is 67.7 cm³/mol. The van der Waals surface area contributed by atoms with Gasteiger partial charge in [-0.15, -0.1) is 5.10 Å². The summed E-state index contributed by atoms with van der Waals surface area (Å²) in [4.78, 5) is 3.82. The minimum Gasteiger partial charge on any atom is -0.392 e. The Morgan fingerprint density at radius 2 is 2.11 bits per heavy atom. The molecule has 8 heteroatoms. The maximum atomic E-state index is 12.2. The summed E-state index contributed by atoms with van der Waals surface area (Å²) in [6.07, 6.45) is 2.68. The Labute approximate surface area is 110 Å². The Balaban J connectivity index is 2.39. The van der Waals surface area contributed by atoms with Gasteiger partial charge in [0.1, 0.15) is 0 Å². The van der Waals surface area contributed by atoms with Gasteiger partial charge in [0.25, 0.3) is 16.0 Å². The zero-order valence-electron chi connectivity index (χ0n) is 10.1. The highest BCUT2D eigenvalue weighted by molar-refractivity contribution is 7.92. The molecule has 100 valence electrons. The topological polar surface area (TPSA) is 105 Å². The normalized spacial score (nSPS) is 11.3. The number of benzene rings is 1. The largest absolute Gasteiger partial charge is 0.392 e. The molecule has 0 aliphatic rings. The second-order valence-electron chi connectivity index (χ2n) is 3.83. The second kappa shape index (κ2) is 5.29. The first kappa shape index (κ1) is 13.4. The van der Waals surface area contributed by atoms with Crippen LogP contribution in [0.2, 0.25) is 0 Å². The van der Waals surface area contributed by atoms with E-state index >= 15 is 0 Å². The summed E-state index contributed by atoms with van der Waals surface area (Å²) in [6.45, 7) is 1.44. The van der Waals surface area contributed by atoms with Crippen molar-refractivity contribution in [1.82, 2.24) is 15.2 Å². The lowest BCUT2D eigenvalue weighted by Gasteiger charge is -2.09. The molecular weight excluding hydrogens is 268 g/mol. The van der Waals surface area contributed by atoms with Crippen LogP contribution in [0.1, 0.15) is 11.1 Å². The van der Waals surface area contributed by atoms with Crippen molar-refractivity contribution in [1.29, 1.82) is 0 Å². The number of sulfonamides is 1. The number of hydrogen-bond donors (Lipinski definition) is 2. The molecule has 2 aromatic rings. The van der Waals surface area contributed by atoms with Gasteiger partial charge < -0.3 is 5.11 Å². The van der Waals surface area contributed by atoms with E-state index in [1.165, 1.54) is 18.5 Å². The van der Waals surface area contributed by atoms with E-state index < -0.39 is 10.0 Å². The molecule has 0 unspecified atom stereocenters.